The number of hydrogen-bond acceptors (Lipinski definition) is 3. The SMILES string of the molecule is CC(=O)Nn1c(C)c2c(=O)n(-c3ccc(F)cc3)[nH]c2cc1=O. The smallest absolute Gasteiger partial charge is 0.280 e. The number of fused-ring (bicyclic) bond motifs is 1. The second-order valence-electron chi connectivity index (χ2n) is 5.09. The molecule has 0 spiro atoms. The largest absolute Gasteiger partial charge is 0.290 e. The van der Waals surface area contributed by atoms with E-state index < -0.39 is 22.8 Å². The van der Waals surface area contributed by atoms with Crippen LogP contribution in [0.1, 0.15) is 12.6 Å². The Bertz CT molecular complexity index is 1030. The van der Waals surface area contributed by atoms with Crippen molar-refractivity contribution in [2.45, 2.75) is 13.8 Å². The number of benzene rings is 1. The van der Waals surface area contributed by atoms with Gasteiger partial charge in [-0.1, -0.05) is 0 Å². The molecule has 118 valence electrons. The van der Waals surface area contributed by atoms with E-state index in [1.165, 1.54) is 41.9 Å². The van der Waals surface area contributed by atoms with Crippen molar-refractivity contribution in [2.75, 3.05) is 5.43 Å². The van der Waals surface area contributed by atoms with Crippen molar-refractivity contribution in [3.63, 3.8) is 0 Å². The lowest BCUT2D eigenvalue weighted by Crippen LogP contribution is -2.33. The summed E-state index contributed by atoms with van der Waals surface area (Å²) >= 11 is 0. The molecule has 0 fully saturated rings. The standard InChI is InChI=1S/C15H13FN4O3/c1-8-14-12(7-13(22)19(8)17-9(2)21)18-20(15(14)23)11-5-3-10(16)4-6-11/h3-7,18H,1-2H3,(H,17,21). The molecule has 0 aliphatic carbocycles. The molecule has 23 heavy (non-hydrogen) atoms. The van der Waals surface area contributed by atoms with Gasteiger partial charge in [-0.3, -0.25) is 24.9 Å². The van der Waals surface area contributed by atoms with Crippen molar-refractivity contribution >= 4 is 16.8 Å². The zero-order valence-electron chi connectivity index (χ0n) is 12.4. The lowest BCUT2D eigenvalue weighted by molar-refractivity contribution is -0.115. The Hall–Kier alpha value is -3.16. The van der Waals surface area contributed by atoms with Gasteiger partial charge in [0.25, 0.3) is 11.1 Å². The number of aromatic amines is 1. The first-order chi connectivity index (χ1) is 10.9. The Morgan fingerprint density at radius 3 is 2.48 bits per heavy atom. The Balaban J connectivity index is 2.29. The van der Waals surface area contributed by atoms with Crippen molar-refractivity contribution in [2.24, 2.45) is 0 Å². The minimum Gasteiger partial charge on any atom is -0.290 e. The highest BCUT2D eigenvalue weighted by molar-refractivity contribution is 5.84. The van der Waals surface area contributed by atoms with Gasteiger partial charge in [0.2, 0.25) is 5.91 Å². The number of carbonyl (C=O) groups excluding carboxylic acids is 1. The highest BCUT2D eigenvalue weighted by Crippen LogP contribution is 2.13. The molecule has 2 N–H and O–H groups in total. The highest BCUT2D eigenvalue weighted by atomic mass is 19.1. The molecule has 2 aromatic heterocycles. The van der Waals surface area contributed by atoms with Crippen molar-refractivity contribution < 1.29 is 9.18 Å². The molecule has 0 bridgehead atoms. The third-order valence-electron chi connectivity index (χ3n) is 3.46. The van der Waals surface area contributed by atoms with E-state index in [1.54, 1.807) is 6.92 Å². The molecule has 3 aromatic rings. The van der Waals surface area contributed by atoms with Gasteiger partial charge in [0.1, 0.15) is 5.82 Å². The number of carbonyl (C=O) groups is 1. The number of aromatic nitrogens is 3. The molecular weight excluding hydrogens is 303 g/mol. The van der Waals surface area contributed by atoms with E-state index in [-0.39, 0.29) is 5.39 Å². The minimum absolute atomic E-state index is 0.266. The summed E-state index contributed by atoms with van der Waals surface area (Å²) in [5.74, 6) is -0.844. The highest BCUT2D eigenvalue weighted by Gasteiger charge is 2.15. The van der Waals surface area contributed by atoms with Gasteiger partial charge in [-0.25, -0.2) is 13.7 Å². The summed E-state index contributed by atoms with van der Waals surface area (Å²) in [4.78, 5) is 35.9. The van der Waals surface area contributed by atoms with Crippen molar-refractivity contribution in [1.29, 1.82) is 0 Å². The van der Waals surface area contributed by atoms with Gasteiger partial charge in [0, 0.05) is 13.0 Å². The fourth-order valence-corrected chi connectivity index (χ4v) is 2.44. The zero-order valence-corrected chi connectivity index (χ0v) is 12.4. The summed E-state index contributed by atoms with van der Waals surface area (Å²) in [6.45, 7) is 2.83. The lowest BCUT2D eigenvalue weighted by atomic mass is 10.2. The van der Waals surface area contributed by atoms with E-state index in [9.17, 15) is 18.8 Å². The molecule has 0 radical (unpaired) electrons. The Kier molecular flexibility index (Phi) is 3.36. The Morgan fingerprint density at radius 2 is 1.87 bits per heavy atom. The van der Waals surface area contributed by atoms with Crippen LogP contribution in [-0.2, 0) is 4.79 Å². The molecule has 0 saturated carbocycles. The summed E-state index contributed by atoms with van der Waals surface area (Å²) < 4.78 is 15.3. The fourth-order valence-electron chi connectivity index (χ4n) is 2.44. The molecule has 1 amide bonds. The van der Waals surface area contributed by atoms with Crippen molar-refractivity contribution in [1.82, 2.24) is 14.5 Å². The van der Waals surface area contributed by atoms with E-state index in [0.29, 0.717) is 16.9 Å². The summed E-state index contributed by atoms with van der Waals surface area (Å²) in [7, 11) is 0. The molecule has 1 aromatic carbocycles. The number of rotatable bonds is 2. The van der Waals surface area contributed by atoms with E-state index in [0.717, 1.165) is 4.68 Å². The molecule has 0 aliphatic heterocycles. The monoisotopic (exact) mass is 316 g/mol. The van der Waals surface area contributed by atoms with Gasteiger partial charge >= 0.3 is 0 Å². The van der Waals surface area contributed by atoms with Crippen LogP contribution >= 0.6 is 0 Å². The second-order valence-corrected chi connectivity index (χ2v) is 5.09. The molecule has 0 atom stereocenters. The third-order valence-corrected chi connectivity index (χ3v) is 3.46. The molecule has 7 nitrogen and oxygen atoms in total. The maximum Gasteiger partial charge on any atom is 0.280 e. The van der Waals surface area contributed by atoms with Gasteiger partial charge in [0.05, 0.1) is 22.3 Å². The van der Waals surface area contributed by atoms with Crippen molar-refractivity contribution in [3.05, 3.63) is 62.6 Å². The molecule has 2 heterocycles. The molecule has 0 saturated heterocycles. The number of amides is 1. The first-order valence-electron chi connectivity index (χ1n) is 6.79. The van der Waals surface area contributed by atoms with Crippen LogP contribution in [0.25, 0.3) is 16.6 Å². The molecule has 0 unspecified atom stereocenters. The van der Waals surface area contributed by atoms with Crippen LogP contribution in [-0.4, -0.2) is 20.4 Å². The molecule has 8 heteroatoms. The lowest BCUT2D eigenvalue weighted by Gasteiger charge is -2.09. The van der Waals surface area contributed by atoms with Gasteiger partial charge in [-0.05, 0) is 31.2 Å². The van der Waals surface area contributed by atoms with Crippen LogP contribution in [0, 0.1) is 12.7 Å². The summed E-state index contributed by atoms with van der Waals surface area (Å²) in [5, 5.41) is 3.08. The zero-order chi connectivity index (χ0) is 16.7. The summed E-state index contributed by atoms with van der Waals surface area (Å²) in [6, 6.07) is 6.58. The van der Waals surface area contributed by atoms with Gasteiger partial charge in [-0.15, -0.1) is 0 Å². The van der Waals surface area contributed by atoms with Crippen LogP contribution in [0.15, 0.2) is 39.9 Å². The van der Waals surface area contributed by atoms with Gasteiger partial charge < -0.3 is 0 Å². The average molecular weight is 316 g/mol. The number of aryl methyl sites for hydroxylation is 1. The predicted molar refractivity (Wildman–Crippen MR) is 82.9 cm³/mol. The van der Waals surface area contributed by atoms with Gasteiger partial charge in [-0.2, -0.15) is 0 Å². The average Bonchev–Trinajstić information content (AvgIpc) is 2.81. The van der Waals surface area contributed by atoms with Crippen LogP contribution < -0.4 is 16.5 Å². The Morgan fingerprint density at radius 1 is 1.22 bits per heavy atom. The normalized spacial score (nSPS) is 10.9. The van der Waals surface area contributed by atoms with Crippen molar-refractivity contribution in [3.8, 4) is 5.69 Å². The van der Waals surface area contributed by atoms with Crippen LogP contribution in [0.2, 0.25) is 0 Å². The number of nitrogens with zero attached hydrogens (tertiary/aromatic N) is 2. The number of pyridine rings is 1. The second kappa shape index (κ2) is 5.24. The quantitative estimate of drug-likeness (QED) is 0.740. The summed E-state index contributed by atoms with van der Waals surface area (Å²) in [5.41, 5.74) is 2.58. The topological polar surface area (TPSA) is 88.9 Å². The molecular formula is C15H13FN4O3. The van der Waals surface area contributed by atoms with E-state index in [1.807, 2.05) is 0 Å². The molecule has 3 rings (SSSR count). The predicted octanol–water partition coefficient (Wildman–Crippen LogP) is 1.02. The number of nitrogens with one attached hydrogen (secondary N) is 2. The maximum absolute atomic E-state index is 13.0. The van der Waals surface area contributed by atoms with Crippen LogP contribution in [0.5, 0.6) is 0 Å². The van der Waals surface area contributed by atoms with Crippen LogP contribution in [0.4, 0.5) is 4.39 Å². The maximum atomic E-state index is 13.0. The van der Waals surface area contributed by atoms with Gasteiger partial charge in [0.15, 0.2) is 0 Å². The first-order valence-corrected chi connectivity index (χ1v) is 6.79. The molecule has 0 aliphatic rings. The number of hydrogen-bond donors (Lipinski definition) is 2. The third kappa shape index (κ3) is 2.44. The Labute approximate surface area is 128 Å². The summed E-state index contributed by atoms with van der Waals surface area (Å²) in [6.07, 6.45) is 0. The minimum atomic E-state index is -0.474. The van der Waals surface area contributed by atoms with E-state index >= 15 is 0 Å². The number of halogens is 1. The van der Waals surface area contributed by atoms with E-state index in [2.05, 4.69) is 10.5 Å². The first kappa shape index (κ1) is 14.8. The van der Waals surface area contributed by atoms with E-state index in [4.69, 9.17) is 0 Å². The fraction of sp³-hybridized carbons (Fsp3) is 0.133. The van der Waals surface area contributed by atoms with Crippen LogP contribution in [0.3, 0.4) is 0 Å². The number of H-pyrrole nitrogens is 1.